The van der Waals surface area contributed by atoms with E-state index in [2.05, 4.69) is 26.1 Å². The quantitative estimate of drug-likeness (QED) is 0.309. The van der Waals surface area contributed by atoms with Crippen molar-refractivity contribution in [3.8, 4) is 0 Å². The predicted molar refractivity (Wildman–Crippen MR) is 136 cm³/mol. The lowest BCUT2D eigenvalue weighted by molar-refractivity contribution is -0.383. The number of pyridine rings is 1. The van der Waals surface area contributed by atoms with Gasteiger partial charge in [0.15, 0.2) is 0 Å². The zero-order valence-corrected chi connectivity index (χ0v) is 20.2. The van der Waals surface area contributed by atoms with Gasteiger partial charge in [-0.3, -0.25) is 10.1 Å². The van der Waals surface area contributed by atoms with Crippen molar-refractivity contribution in [1.82, 2.24) is 4.98 Å². The molecule has 0 fully saturated rings. The summed E-state index contributed by atoms with van der Waals surface area (Å²) in [5.74, 6) is 0.231. The lowest BCUT2D eigenvalue weighted by atomic mass is 9.82. The molecule has 0 atom stereocenters. The summed E-state index contributed by atoms with van der Waals surface area (Å²) in [6, 6.07) is 19.8. The maximum absolute atomic E-state index is 12.1. The van der Waals surface area contributed by atoms with Crippen LogP contribution in [0.4, 0.5) is 17.2 Å². The van der Waals surface area contributed by atoms with Gasteiger partial charge in [0.25, 0.3) is 0 Å². The molecule has 0 amide bonds. The van der Waals surface area contributed by atoms with Crippen LogP contribution >= 0.6 is 0 Å². The molecule has 0 aliphatic carbocycles. The van der Waals surface area contributed by atoms with Gasteiger partial charge in [-0.2, -0.15) is 0 Å². The van der Waals surface area contributed by atoms with E-state index in [1.807, 2.05) is 74.5 Å². The van der Waals surface area contributed by atoms with Crippen LogP contribution in [0, 0.1) is 15.5 Å². The number of nitro groups is 1. The Kier molecular flexibility index (Phi) is 7.06. The highest BCUT2D eigenvalue weighted by molar-refractivity contribution is 5.76. The average Bonchev–Trinajstić information content (AvgIpc) is 2.70. The van der Waals surface area contributed by atoms with Crippen molar-refractivity contribution in [3.63, 3.8) is 0 Å². The third-order valence-electron chi connectivity index (χ3n) is 5.45. The number of nitrogen functional groups attached to an aromatic ring is 1. The molecule has 3 aromatic rings. The van der Waals surface area contributed by atoms with Gasteiger partial charge < -0.3 is 11.1 Å². The first kappa shape index (κ1) is 24.2. The Balaban J connectivity index is 2.14. The molecule has 174 valence electrons. The standard InChI is InChI=1S/C27H34N4O2/c1-26(2,3)18-27(4,5)30-25-24(31(32)33)23(28)21(16-19-12-8-6-9-13-19)22(29-25)17-20-14-10-7-11-15-20/h6-15H,16-18H2,1-5H3,(H3,28,29,30). The van der Waals surface area contributed by atoms with E-state index in [1.165, 1.54) is 0 Å². The summed E-state index contributed by atoms with van der Waals surface area (Å²) in [6.07, 6.45) is 1.83. The van der Waals surface area contributed by atoms with Crippen LogP contribution in [0.5, 0.6) is 0 Å². The minimum atomic E-state index is -0.418. The van der Waals surface area contributed by atoms with Gasteiger partial charge in [-0.15, -0.1) is 0 Å². The van der Waals surface area contributed by atoms with Gasteiger partial charge in [-0.1, -0.05) is 81.4 Å². The molecule has 1 heterocycles. The Morgan fingerprint density at radius 1 is 0.909 bits per heavy atom. The van der Waals surface area contributed by atoms with Crippen LogP contribution < -0.4 is 11.1 Å². The predicted octanol–water partition coefficient (Wildman–Crippen LogP) is 6.38. The highest BCUT2D eigenvalue weighted by Crippen LogP contribution is 2.39. The Labute approximate surface area is 196 Å². The van der Waals surface area contributed by atoms with E-state index in [9.17, 15) is 10.1 Å². The van der Waals surface area contributed by atoms with E-state index in [-0.39, 0.29) is 22.6 Å². The summed E-state index contributed by atoms with van der Waals surface area (Å²) in [7, 11) is 0. The highest BCUT2D eigenvalue weighted by atomic mass is 16.6. The minimum absolute atomic E-state index is 0.0386. The lowest BCUT2D eigenvalue weighted by Gasteiger charge is -2.34. The Bertz CT molecular complexity index is 1100. The second kappa shape index (κ2) is 9.61. The average molecular weight is 447 g/mol. The van der Waals surface area contributed by atoms with Crippen LogP contribution in [-0.2, 0) is 12.8 Å². The molecule has 6 nitrogen and oxygen atoms in total. The fourth-order valence-corrected chi connectivity index (χ4v) is 4.58. The van der Waals surface area contributed by atoms with E-state index in [4.69, 9.17) is 10.7 Å². The summed E-state index contributed by atoms with van der Waals surface area (Å²) in [5.41, 5.74) is 9.73. The van der Waals surface area contributed by atoms with Crippen LogP contribution in [0.1, 0.15) is 63.4 Å². The van der Waals surface area contributed by atoms with E-state index < -0.39 is 10.5 Å². The maximum Gasteiger partial charge on any atom is 0.334 e. The van der Waals surface area contributed by atoms with Crippen LogP contribution in [0.2, 0.25) is 0 Å². The first-order chi connectivity index (χ1) is 15.5. The van der Waals surface area contributed by atoms with Crippen LogP contribution in [0.25, 0.3) is 0 Å². The number of anilines is 2. The molecule has 33 heavy (non-hydrogen) atoms. The summed E-state index contributed by atoms with van der Waals surface area (Å²) in [4.78, 5) is 16.5. The third kappa shape index (κ3) is 6.54. The Morgan fingerprint density at radius 2 is 1.42 bits per heavy atom. The third-order valence-corrected chi connectivity index (χ3v) is 5.45. The number of benzene rings is 2. The molecule has 0 bridgehead atoms. The van der Waals surface area contributed by atoms with Gasteiger partial charge in [0.1, 0.15) is 5.69 Å². The van der Waals surface area contributed by atoms with Gasteiger partial charge in [0.05, 0.1) is 10.6 Å². The fourth-order valence-electron chi connectivity index (χ4n) is 4.58. The molecule has 0 saturated heterocycles. The molecular formula is C27H34N4O2. The number of nitrogens with two attached hydrogens (primary N) is 1. The molecule has 0 spiro atoms. The van der Waals surface area contributed by atoms with Crippen molar-refractivity contribution in [2.24, 2.45) is 5.41 Å². The van der Waals surface area contributed by atoms with Crippen molar-refractivity contribution in [2.75, 3.05) is 11.1 Å². The number of nitrogens with one attached hydrogen (secondary N) is 1. The van der Waals surface area contributed by atoms with Gasteiger partial charge in [-0.05, 0) is 36.8 Å². The molecule has 0 aliphatic heterocycles. The summed E-state index contributed by atoms with van der Waals surface area (Å²) < 4.78 is 0. The molecule has 0 saturated carbocycles. The molecule has 0 aliphatic rings. The van der Waals surface area contributed by atoms with Crippen molar-refractivity contribution in [1.29, 1.82) is 0 Å². The van der Waals surface area contributed by atoms with Crippen molar-refractivity contribution < 1.29 is 4.92 Å². The second-order valence-electron chi connectivity index (χ2n) is 10.5. The lowest BCUT2D eigenvalue weighted by Crippen LogP contribution is -2.36. The van der Waals surface area contributed by atoms with E-state index in [1.54, 1.807) is 0 Å². The highest BCUT2D eigenvalue weighted by Gasteiger charge is 2.32. The molecule has 0 radical (unpaired) electrons. The normalized spacial score (nSPS) is 11.9. The largest absolute Gasteiger partial charge is 0.393 e. The maximum atomic E-state index is 12.1. The van der Waals surface area contributed by atoms with E-state index >= 15 is 0 Å². The zero-order chi connectivity index (χ0) is 24.2. The summed E-state index contributed by atoms with van der Waals surface area (Å²) in [6.45, 7) is 10.5. The molecule has 6 heteroatoms. The summed E-state index contributed by atoms with van der Waals surface area (Å²) in [5, 5.41) is 15.5. The van der Waals surface area contributed by atoms with Gasteiger partial charge >= 0.3 is 5.69 Å². The molecule has 0 unspecified atom stereocenters. The fraction of sp³-hybridized carbons (Fsp3) is 0.370. The van der Waals surface area contributed by atoms with Crippen LogP contribution in [-0.4, -0.2) is 15.4 Å². The molecule has 2 aromatic carbocycles. The first-order valence-corrected chi connectivity index (χ1v) is 11.3. The van der Waals surface area contributed by atoms with Crippen LogP contribution in [0.15, 0.2) is 60.7 Å². The van der Waals surface area contributed by atoms with Crippen molar-refractivity contribution >= 4 is 17.2 Å². The zero-order valence-electron chi connectivity index (χ0n) is 20.2. The number of nitrogens with zero attached hydrogens (tertiary/aromatic N) is 2. The monoisotopic (exact) mass is 446 g/mol. The Morgan fingerprint density at radius 3 is 1.91 bits per heavy atom. The smallest absolute Gasteiger partial charge is 0.334 e. The number of rotatable bonds is 8. The van der Waals surface area contributed by atoms with Crippen molar-refractivity contribution in [2.45, 2.75) is 59.4 Å². The molecule has 3 N–H and O–H groups in total. The number of hydrogen-bond donors (Lipinski definition) is 2. The second-order valence-corrected chi connectivity index (χ2v) is 10.5. The van der Waals surface area contributed by atoms with Crippen LogP contribution in [0.3, 0.4) is 0 Å². The van der Waals surface area contributed by atoms with E-state index in [0.717, 1.165) is 23.2 Å². The van der Waals surface area contributed by atoms with Crippen molar-refractivity contribution in [3.05, 3.63) is 93.2 Å². The molecule has 1 aromatic heterocycles. The molecule has 3 rings (SSSR count). The SMILES string of the molecule is CC(C)(C)CC(C)(C)Nc1nc(Cc2ccccc2)c(Cc2ccccc2)c(N)c1[N+](=O)[O-]. The first-order valence-electron chi connectivity index (χ1n) is 11.3. The minimum Gasteiger partial charge on any atom is -0.393 e. The van der Waals surface area contributed by atoms with Gasteiger partial charge in [0, 0.05) is 23.9 Å². The van der Waals surface area contributed by atoms with Gasteiger partial charge in [-0.25, -0.2) is 4.98 Å². The summed E-state index contributed by atoms with van der Waals surface area (Å²) >= 11 is 0. The van der Waals surface area contributed by atoms with Gasteiger partial charge in [0.2, 0.25) is 5.82 Å². The van der Waals surface area contributed by atoms with E-state index in [0.29, 0.717) is 18.4 Å². The molecular weight excluding hydrogens is 412 g/mol. The number of aromatic nitrogens is 1. The Hall–Kier alpha value is -3.41. The number of hydrogen-bond acceptors (Lipinski definition) is 5. The topological polar surface area (TPSA) is 94.1 Å².